The Morgan fingerprint density at radius 3 is 2.61 bits per heavy atom. The summed E-state index contributed by atoms with van der Waals surface area (Å²) in [5.74, 6) is 0.541. The Balaban J connectivity index is 2.42. The summed E-state index contributed by atoms with van der Waals surface area (Å²) in [6.45, 7) is 4.83. The van der Waals surface area contributed by atoms with Crippen molar-refractivity contribution in [2.75, 3.05) is 13.2 Å². The first-order chi connectivity index (χ1) is 8.65. The van der Waals surface area contributed by atoms with E-state index in [2.05, 4.69) is 18.3 Å². The van der Waals surface area contributed by atoms with Crippen LogP contribution in [0.15, 0.2) is 0 Å². The molecule has 0 aromatic rings. The van der Waals surface area contributed by atoms with Crippen LogP contribution in [0.2, 0.25) is 0 Å². The molecule has 18 heavy (non-hydrogen) atoms. The third-order valence-electron chi connectivity index (χ3n) is 3.71. The predicted molar refractivity (Wildman–Crippen MR) is 69.8 cm³/mol. The van der Waals surface area contributed by atoms with Crippen LogP contribution in [0, 0.1) is 17.2 Å². The van der Waals surface area contributed by atoms with Crippen molar-refractivity contribution in [1.29, 1.82) is 5.26 Å². The van der Waals surface area contributed by atoms with E-state index in [0.29, 0.717) is 12.5 Å². The maximum absolute atomic E-state index is 11.7. The predicted octanol–water partition coefficient (Wildman–Crippen LogP) is 2.39. The highest BCUT2D eigenvalue weighted by molar-refractivity contribution is 5.78. The molecule has 0 aromatic carbocycles. The van der Waals surface area contributed by atoms with E-state index in [1.54, 1.807) is 0 Å². The summed E-state index contributed by atoms with van der Waals surface area (Å²) >= 11 is 0. The van der Waals surface area contributed by atoms with Gasteiger partial charge in [-0.2, -0.15) is 5.26 Å². The Hall–Kier alpha value is -1.08. The lowest BCUT2D eigenvalue weighted by molar-refractivity contribution is -0.127. The highest BCUT2D eigenvalue weighted by Crippen LogP contribution is 2.33. The third-order valence-corrected chi connectivity index (χ3v) is 3.71. The SMILES string of the molecule is CCCOCC(=O)NC1(C#N)CCC(CC)CC1. The molecule has 0 bridgehead atoms. The molecule has 1 fully saturated rings. The number of rotatable bonds is 6. The molecule has 0 spiro atoms. The lowest BCUT2D eigenvalue weighted by atomic mass is 9.76. The molecule has 4 heteroatoms. The van der Waals surface area contributed by atoms with Gasteiger partial charge in [0, 0.05) is 6.61 Å². The van der Waals surface area contributed by atoms with Crippen molar-refractivity contribution >= 4 is 5.91 Å². The Labute approximate surface area is 110 Å². The van der Waals surface area contributed by atoms with E-state index in [9.17, 15) is 10.1 Å². The molecule has 1 amide bonds. The fourth-order valence-electron chi connectivity index (χ4n) is 2.46. The van der Waals surface area contributed by atoms with Crippen molar-refractivity contribution in [2.45, 2.75) is 57.9 Å². The van der Waals surface area contributed by atoms with Crippen LogP contribution in [0.5, 0.6) is 0 Å². The van der Waals surface area contributed by atoms with Gasteiger partial charge in [-0.15, -0.1) is 0 Å². The normalized spacial score (nSPS) is 27.5. The first-order valence-electron chi connectivity index (χ1n) is 6.95. The van der Waals surface area contributed by atoms with Crippen molar-refractivity contribution in [3.8, 4) is 6.07 Å². The topological polar surface area (TPSA) is 62.1 Å². The Morgan fingerprint density at radius 2 is 2.11 bits per heavy atom. The summed E-state index contributed by atoms with van der Waals surface area (Å²) in [4.78, 5) is 11.7. The highest BCUT2D eigenvalue weighted by Gasteiger charge is 2.36. The van der Waals surface area contributed by atoms with Gasteiger partial charge in [0.1, 0.15) is 12.1 Å². The van der Waals surface area contributed by atoms with Crippen molar-refractivity contribution in [3.63, 3.8) is 0 Å². The van der Waals surface area contributed by atoms with Crippen LogP contribution in [0.4, 0.5) is 0 Å². The van der Waals surface area contributed by atoms with Crippen LogP contribution < -0.4 is 5.32 Å². The standard InChI is InChI=1S/C14H24N2O2/c1-3-9-18-10-13(17)16-14(11-15)7-5-12(4-2)6-8-14/h12H,3-10H2,1-2H3,(H,16,17). The zero-order valence-electron chi connectivity index (χ0n) is 11.5. The maximum atomic E-state index is 11.7. The fourth-order valence-corrected chi connectivity index (χ4v) is 2.46. The Morgan fingerprint density at radius 1 is 1.44 bits per heavy atom. The molecule has 0 atom stereocenters. The molecule has 1 N–H and O–H groups in total. The molecule has 0 heterocycles. The third kappa shape index (κ3) is 4.30. The van der Waals surface area contributed by atoms with E-state index in [0.717, 1.165) is 38.5 Å². The fraction of sp³-hybridized carbons (Fsp3) is 0.857. The summed E-state index contributed by atoms with van der Waals surface area (Å²) in [7, 11) is 0. The average molecular weight is 252 g/mol. The number of carbonyl (C=O) groups is 1. The maximum Gasteiger partial charge on any atom is 0.247 e. The van der Waals surface area contributed by atoms with Gasteiger partial charge >= 0.3 is 0 Å². The van der Waals surface area contributed by atoms with Crippen molar-refractivity contribution in [3.05, 3.63) is 0 Å². The Bertz CT molecular complexity index is 301. The number of hydrogen-bond donors (Lipinski definition) is 1. The molecule has 102 valence electrons. The molecule has 1 saturated carbocycles. The molecular formula is C14H24N2O2. The molecule has 1 rings (SSSR count). The number of ether oxygens (including phenoxy) is 1. The molecule has 0 radical (unpaired) electrons. The number of nitriles is 1. The number of nitrogens with zero attached hydrogens (tertiary/aromatic N) is 1. The zero-order valence-corrected chi connectivity index (χ0v) is 11.5. The van der Waals surface area contributed by atoms with E-state index < -0.39 is 5.54 Å². The van der Waals surface area contributed by atoms with E-state index in [1.807, 2.05) is 6.92 Å². The quantitative estimate of drug-likeness (QED) is 0.738. The second-order valence-corrected chi connectivity index (χ2v) is 5.15. The van der Waals surface area contributed by atoms with E-state index in [4.69, 9.17) is 4.74 Å². The molecule has 0 aliphatic heterocycles. The molecule has 1 aliphatic carbocycles. The number of carbonyl (C=O) groups excluding carboxylic acids is 1. The van der Waals surface area contributed by atoms with E-state index in [1.165, 1.54) is 0 Å². The van der Waals surface area contributed by atoms with Gasteiger partial charge in [0.05, 0.1) is 6.07 Å². The summed E-state index contributed by atoms with van der Waals surface area (Å²) in [6.07, 6.45) is 5.65. The summed E-state index contributed by atoms with van der Waals surface area (Å²) in [5, 5.41) is 12.2. The number of hydrogen-bond acceptors (Lipinski definition) is 3. The highest BCUT2D eigenvalue weighted by atomic mass is 16.5. The minimum Gasteiger partial charge on any atom is -0.372 e. The molecule has 0 saturated heterocycles. The second kappa shape index (κ2) is 7.38. The van der Waals surface area contributed by atoms with Crippen LogP contribution in [0.1, 0.15) is 52.4 Å². The van der Waals surface area contributed by atoms with Crippen LogP contribution in [0.3, 0.4) is 0 Å². The minimum atomic E-state index is -0.654. The summed E-state index contributed by atoms with van der Waals surface area (Å²) in [5.41, 5.74) is -0.654. The second-order valence-electron chi connectivity index (χ2n) is 5.15. The lowest BCUT2D eigenvalue weighted by Gasteiger charge is -2.35. The average Bonchev–Trinajstić information content (AvgIpc) is 2.40. The van der Waals surface area contributed by atoms with Gasteiger partial charge in [0.25, 0.3) is 0 Å². The molecular weight excluding hydrogens is 228 g/mol. The van der Waals surface area contributed by atoms with Gasteiger partial charge in [-0.3, -0.25) is 4.79 Å². The smallest absolute Gasteiger partial charge is 0.247 e. The van der Waals surface area contributed by atoms with Gasteiger partial charge in [0.15, 0.2) is 0 Å². The molecule has 0 aromatic heterocycles. The van der Waals surface area contributed by atoms with Crippen LogP contribution in [-0.2, 0) is 9.53 Å². The molecule has 1 aliphatic rings. The van der Waals surface area contributed by atoms with Gasteiger partial charge in [-0.1, -0.05) is 20.3 Å². The van der Waals surface area contributed by atoms with Crippen LogP contribution in [0.25, 0.3) is 0 Å². The lowest BCUT2D eigenvalue weighted by Crippen LogP contribution is -2.50. The largest absolute Gasteiger partial charge is 0.372 e. The van der Waals surface area contributed by atoms with Gasteiger partial charge < -0.3 is 10.1 Å². The van der Waals surface area contributed by atoms with E-state index >= 15 is 0 Å². The minimum absolute atomic E-state index is 0.0640. The van der Waals surface area contributed by atoms with Crippen molar-refractivity contribution in [1.82, 2.24) is 5.32 Å². The van der Waals surface area contributed by atoms with Gasteiger partial charge in [0.2, 0.25) is 5.91 Å². The Kier molecular flexibility index (Phi) is 6.14. The van der Waals surface area contributed by atoms with Crippen LogP contribution in [-0.4, -0.2) is 24.7 Å². The van der Waals surface area contributed by atoms with Crippen molar-refractivity contribution in [2.24, 2.45) is 5.92 Å². The number of amides is 1. The van der Waals surface area contributed by atoms with Crippen LogP contribution >= 0.6 is 0 Å². The van der Waals surface area contributed by atoms with Crippen molar-refractivity contribution < 1.29 is 9.53 Å². The first kappa shape index (κ1) is 15.0. The van der Waals surface area contributed by atoms with Gasteiger partial charge in [-0.25, -0.2) is 0 Å². The summed E-state index contributed by atoms with van der Waals surface area (Å²) in [6, 6.07) is 2.30. The molecule has 4 nitrogen and oxygen atoms in total. The zero-order chi connectivity index (χ0) is 13.4. The number of nitrogens with one attached hydrogen (secondary N) is 1. The van der Waals surface area contributed by atoms with Gasteiger partial charge in [-0.05, 0) is 38.0 Å². The molecule has 0 unspecified atom stereocenters. The first-order valence-corrected chi connectivity index (χ1v) is 6.95. The monoisotopic (exact) mass is 252 g/mol. The summed E-state index contributed by atoms with van der Waals surface area (Å²) < 4.78 is 5.20. The van der Waals surface area contributed by atoms with E-state index in [-0.39, 0.29) is 12.5 Å².